The Labute approximate surface area is 95.0 Å². The molecule has 0 fully saturated rings. The fourth-order valence-electron chi connectivity index (χ4n) is 1.81. The number of rotatable bonds is 3. The Morgan fingerprint density at radius 1 is 1.62 bits per heavy atom. The molecule has 1 amide bonds. The zero-order valence-electron chi connectivity index (χ0n) is 9.76. The SMILES string of the molecule is CC[C@@H](C)NC(=O)c1n[nH]c2c1CNCC2. The molecule has 0 unspecified atom stereocenters. The van der Waals surface area contributed by atoms with Crippen LogP contribution in [0.25, 0.3) is 0 Å². The van der Waals surface area contributed by atoms with E-state index in [0.717, 1.165) is 37.2 Å². The van der Waals surface area contributed by atoms with Crippen LogP contribution in [0.4, 0.5) is 0 Å². The van der Waals surface area contributed by atoms with Crippen LogP contribution in [-0.4, -0.2) is 28.7 Å². The second-order valence-corrected chi connectivity index (χ2v) is 4.24. The fourth-order valence-corrected chi connectivity index (χ4v) is 1.81. The minimum atomic E-state index is -0.0736. The number of aromatic nitrogens is 2. The van der Waals surface area contributed by atoms with E-state index < -0.39 is 0 Å². The lowest BCUT2D eigenvalue weighted by Gasteiger charge is -2.14. The summed E-state index contributed by atoms with van der Waals surface area (Å²) in [5.41, 5.74) is 2.66. The van der Waals surface area contributed by atoms with Gasteiger partial charge in [0.25, 0.3) is 5.91 Å². The van der Waals surface area contributed by atoms with Crippen LogP contribution in [0.1, 0.15) is 42.0 Å². The number of aromatic amines is 1. The Kier molecular flexibility index (Phi) is 3.24. The van der Waals surface area contributed by atoms with Crippen LogP contribution < -0.4 is 10.6 Å². The zero-order chi connectivity index (χ0) is 11.5. The quantitative estimate of drug-likeness (QED) is 0.701. The Bertz CT molecular complexity index is 385. The molecule has 0 aliphatic carbocycles. The normalized spacial score (nSPS) is 16.6. The smallest absolute Gasteiger partial charge is 0.272 e. The molecule has 0 aromatic carbocycles. The van der Waals surface area contributed by atoms with E-state index >= 15 is 0 Å². The summed E-state index contributed by atoms with van der Waals surface area (Å²) in [4.78, 5) is 11.9. The summed E-state index contributed by atoms with van der Waals surface area (Å²) in [6, 6.07) is 0.191. The van der Waals surface area contributed by atoms with Crippen molar-refractivity contribution in [1.82, 2.24) is 20.8 Å². The van der Waals surface area contributed by atoms with Gasteiger partial charge in [0.15, 0.2) is 5.69 Å². The molecule has 0 radical (unpaired) electrons. The second-order valence-electron chi connectivity index (χ2n) is 4.24. The van der Waals surface area contributed by atoms with Crippen LogP contribution in [0, 0.1) is 0 Å². The minimum absolute atomic E-state index is 0.0736. The molecule has 88 valence electrons. The number of H-pyrrole nitrogens is 1. The molecular formula is C11H18N4O. The third kappa shape index (κ3) is 2.09. The number of hydrogen-bond acceptors (Lipinski definition) is 3. The highest BCUT2D eigenvalue weighted by Crippen LogP contribution is 2.15. The Balaban J connectivity index is 2.14. The number of nitrogens with one attached hydrogen (secondary N) is 3. The first-order chi connectivity index (χ1) is 7.72. The van der Waals surface area contributed by atoms with Crippen molar-refractivity contribution in [3.8, 4) is 0 Å². The average Bonchev–Trinajstić information content (AvgIpc) is 2.72. The second kappa shape index (κ2) is 4.65. The lowest BCUT2D eigenvalue weighted by Crippen LogP contribution is -2.33. The van der Waals surface area contributed by atoms with Crippen LogP contribution in [0.5, 0.6) is 0 Å². The summed E-state index contributed by atoms with van der Waals surface area (Å²) in [5.74, 6) is -0.0736. The number of fused-ring (bicyclic) bond motifs is 1. The maximum atomic E-state index is 11.9. The molecule has 2 rings (SSSR count). The van der Waals surface area contributed by atoms with Gasteiger partial charge in [-0.15, -0.1) is 0 Å². The van der Waals surface area contributed by atoms with E-state index in [0.29, 0.717) is 5.69 Å². The highest BCUT2D eigenvalue weighted by molar-refractivity contribution is 5.94. The van der Waals surface area contributed by atoms with Crippen molar-refractivity contribution >= 4 is 5.91 Å². The molecule has 1 aliphatic heterocycles. The third-order valence-corrected chi connectivity index (χ3v) is 3.01. The van der Waals surface area contributed by atoms with Gasteiger partial charge in [-0.1, -0.05) is 6.92 Å². The third-order valence-electron chi connectivity index (χ3n) is 3.01. The number of nitrogens with zero attached hydrogens (tertiary/aromatic N) is 1. The van der Waals surface area contributed by atoms with Gasteiger partial charge in [-0.2, -0.15) is 5.10 Å². The number of carbonyl (C=O) groups excluding carboxylic acids is 1. The van der Waals surface area contributed by atoms with E-state index in [1.54, 1.807) is 0 Å². The number of hydrogen-bond donors (Lipinski definition) is 3. The van der Waals surface area contributed by atoms with Crippen molar-refractivity contribution in [2.24, 2.45) is 0 Å². The van der Waals surface area contributed by atoms with Crippen LogP contribution in [0.2, 0.25) is 0 Å². The Morgan fingerprint density at radius 2 is 2.44 bits per heavy atom. The largest absolute Gasteiger partial charge is 0.348 e. The van der Waals surface area contributed by atoms with E-state index in [1.165, 1.54) is 0 Å². The molecule has 3 N–H and O–H groups in total. The average molecular weight is 222 g/mol. The molecule has 0 saturated heterocycles. The molecule has 1 aromatic rings. The van der Waals surface area contributed by atoms with Gasteiger partial charge in [0.05, 0.1) is 0 Å². The molecule has 0 bridgehead atoms. The summed E-state index contributed by atoms with van der Waals surface area (Å²) in [6.07, 6.45) is 1.84. The minimum Gasteiger partial charge on any atom is -0.348 e. The summed E-state index contributed by atoms with van der Waals surface area (Å²) in [6.45, 7) is 5.72. The van der Waals surface area contributed by atoms with Crippen molar-refractivity contribution in [3.05, 3.63) is 17.0 Å². The van der Waals surface area contributed by atoms with Gasteiger partial charge in [0.2, 0.25) is 0 Å². The van der Waals surface area contributed by atoms with Gasteiger partial charge in [0, 0.05) is 36.8 Å². The Morgan fingerprint density at radius 3 is 3.19 bits per heavy atom. The van der Waals surface area contributed by atoms with Crippen molar-refractivity contribution in [3.63, 3.8) is 0 Å². The molecular weight excluding hydrogens is 204 g/mol. The van der Waals surface area contributed by atoms with Crippen molar-refractivity contribution in [2.45, 2.75) is 39.3 Å². The molecule has 0 spiro atoms. The molecule has 1 atom stereocenters. The lowest BCUT2D eigenvalue weighted by atomic mass is 10.1. The van der Waals surface area contributed by atoms with E-state index in [9.17, 15) is 4.79 Å². The first-order valence-corrected chi connectivity index (χ1v) is 5.80. The predicted molar refractivity (Wildman–Crippen MR) is 61.2 cm³/mol. The summed E-state index contributed by atoms with van der Waals surface area (Å²) >= 11 is 0. The van der Waals surface area contributed by atoms with E-state index in [-0.39, 0.29) is 11.9 Å². The number of amides is 1. The van der Waals surface area contributed by atoms with Gasteiger partial charge in [0.1, 0.15) is 0 Å². The lowest BCUT2D eigenvalue weighted by molar-refractivity contribution is 0.0933. The molecule has 1 aromatic heterocycles. The van der Waals surface area contributed by atoms with E-state index in [1.807, 2.05) is 13.8 Å². The topological polar surface area (TPSA) is 69.8 Å². The van der Waals surface area contributed by atoms with Gasteiger partial charge < -0.3 is 10.6 Å². The van der Waals surface area contributed by atoms with Crippen LogP contribution in [0.3, 0.4) is 0 Å². The highest BCUT2D eigenvalue weighted by Gasteiger charge is 2.21. The first-order valence-electron chi connectivity index (χ1n) is 5.80. The van der Waals surface area contributed by atoms with Crippen LogP contribution in [0.15, 0.2) is 0 Å². The summed E-state index contributed by atoms with van der Waals surface area (Å²) < 4.78 is 0. The Hall–Kier alpha value is -1.36. The van der Waals surface area contributed by atoms with Crippen LogP contribution >= 0.6 is 0 Å². The number of carbonyl (C=O) groups is 1. The van der Waals surface area contributed by atoms with Gasteiger partial charge in [-0.05, 0) is 13.3 Å². The van der Waals surface area contributed by atoms with Gasteiger partial charge >= 0.3 is 0 Å². The highest BCUT2D eigenvalue weighted by atomic mass is 16.2. The van der Waals surface area contributed by atoms with Crippen molar-refractivity contribution in [1.29, 1.82) is 0 Å². The van der Waals surface area contributed by atoms with E-state index in [2.05, 4.69) is 20.8 Å². The molecule has 5 heteroatoms. The van der Waals surface area contributed by atoms with Crippen LogP contribution in [-0.2, 0) is 13.0 Å². The monoisotopic (exact) mass is 222 g/mol. The summed E-state index contributed by atoms with van der Waals surface area (Å²) in [5, 5.41) is 13.2. The van der Waals surface area contributed by atoms with Gasteiger partial charge in [-0.25, -0.2) is 0 Å². The zero-order valence-corrected chi connectivity index (χ0v) is 9.76. The standard InChI is InChI=1S/C11H18N4O/c1-3-7(2)13-11(16)10-8-6-12-5-4-9(8)14-15-10/h7,12H,3-6H2,1-2H3,(H,13,16)(H,14,15)/t7-/m1/s1. The molecule has 2 heterocycles. The first kappa shape index (κ1) is 11.1. The fraction of sp³-hybridized carbons (Fsp3) is 0.636. The molecule has 5 nitrogen and oxygen atoms in total. The van der Waals surface area contributed by atoms with E-state index in [4.69, 9.17) is 0 Å². The van der Waals surface area contributed by atoms with Crippen molar-refractivity contribution < 1.29 is 4.79 Å². The summed E-state index contributed by atoms with van der Waals surface area (Å²) in [7, 11) is 0. The van der Waals surface area contributed by atoms with Crippen molar-refractivity contribution in [2.75, 3.05) is 6.54 Å². The van der Waals surface area contributed by atoms with Gasteiger partial charge in [-0.3, -0.25) is 9.89 Å². The maximum Gasteiger partial charge on any atom is 0.272 e. The molecule has 0 saturated carbocycles. The predicted octanol–water partition coefficient (Wildman–Crippen LogP) is 0.584. The molecule has 1 aliphatic rings. The molecule has 16 heavy (non-hydrogen) atoms. The maximum absolute atomic E-state index is 11.9.